The summed E-state index contributed by atoms with van der Waals surface area (Å²) in [4.78, 5) is 14.3. The second kappa shape index (κ2) is 13.2. The molecule has 0 aromatic heterocycles. The van der Waals surface area contributed by atoms with Crippen molar-refractivity contribution in [2.75, 3.05) is 32.0 Å². The Kier molecular flexibility index (Phi) is 12.5. The first-order valence-corrected chi connectivity index (χ1v) is 8.42. The Morgan fingerprint density at radius 3 is 2.04 bits per heavy atom. The number of nitrogens with zero attached hydrogens (tertiary/aromatic N) is 1. The molecule has 132 valence electrons. The van der Waals surface area contributed by atoms with E-state index in [0.717, 1.165) is 26.1 Å². The van der Waals surface area contributed by atoms with Gasteiger partial charge in [0.15, 0.2) is 0 Å². The molecule has 0 saturated heterocycles. The van der Waals surface area contributed by atoms with Crippen molar-refractivity contribution >= 4 is 11.7 Å². The topological polar surface area (TPSA) is 55.6 Å². The first-order valence-electron chi connectivity index (χ1n) is 8.42. The normalized spacial score (nSPS) is 10.4. The largest absolute Gasteiger partial charge is 1.00 e. The van der Waals surface area contributed by atoms with E-state index in [1.54, 1.807) is 24.3 Å². The van der Waals surface area contributed by atoms with Crippen LogP contribution in [0.2, 0.25) is 0 Å². The number of benzene rings is 1. The van der Waals surface area contributed by atoms with Gasteiger partial charge in [-0.1, -0.05) is 26.7 Å². The lowest BCUT2D eigenvalue weighted by atomic mass is 10.2. The van der Waals surface area contributed by atoms with Crippen LogP contribution in [0.15, 0.2) is 24.3 Å². The minimum atomic E-state index is -0.270. The maximum absolute atomic E-state index is 11.9. The zero-order chi connectivity index (χ0) is 16.2. The van der Waals surface area contributed by atoms with Gasteiger partial charge in [0, 0.05) is 12.2 Å². The van der Waals surface area contributed by atoms with Crippen LogP contribution >= 0.6 is 0 Å². The monoisotopic (exact) mass is 341 g/mol. The average Bonchev–Trinajstić information content (AvgIpc) is 2.53. The third-order valence-electron chi connectivity index (χ3n) is 3.65. The molecule has 5 heteroatoms. The van der Waals surface area contributed by atoms with Crippen molar-refractivity contribution < 1.29 is 21.9 Å². The number of nitrogens with two attached hydrogens (primary N) is 1. The number of halogens is 1. The minimum Gasteiger partial charge on any atom is -1.00 e. The zero-order valence-electron chi connectivity index (χ0n) is 14.4. The second-order valence-corrected chi connectivity index (χ2v) is 5.66. The number of hydrogen-bond donors (Lipinski definition) is 1. The Balaban J connectivity index is 0.00000484. The van der Waals surface area contributed by atoms with E-state index >= 15 is 0 Å². The van der Waals surface area contributed by atoms with Crippen molar-refractivity contribution in [2.24, 2.45) is 0 Å². The fourth-order valence-electron chi connectivity index (χ4n) is 2.25. The van der Waals surface area contributed by atoms with Crippen LogP contribution in [0.3, 0.4) is 0 Å². The molecule has 1 rings (SSSR count). The van der Waals surface area contributed by atoms with Crippen molar-refractivity contribution in [2.45, 2.75) is 46.0 Å². The molecule has 0 unspecified atom stereocenters. The van der Waals surface area contributed by atoms with Gasteiger partial charge in [0.05, 0.1) is 12.2 Å². The molecule has 0 radical (unpaired) electrons. The summed E-state index contributed by atoms with van der Waals surface area (Å²) in [6.07, 6.45) is 5.78. The highest BCUT2D eigenvalue weighted by molar-refractivity contribution is 5.89. The minimum absolute atomic E-state index is 0. The number of anilines is 1. The van der Waals surface area contributed by atoms with Crippen LogP contribution in [0.25, 0.3) is 0 Å². The Morgan fingerprint density at radius 1 is 1.00 bits per heavy atom. The lowest BCUT2D eigenvalue weighted by Crippen LogP contribution is -3.00. The lowest BCUT2D eigenvalue weighted by molar-refractivity contribution is -0.0000235. The van der Waals surface area contributed by atoms with E-state index in [1.807, 2.05) is 0 Å². The SMILES string of the molecule is CCCCN(CCCC)CCCOC(=O)c1ccc(N)cc1.[Cl-]. The first kappa shape index (κ1) is 21.7. The number of hydrogen-bond acceptors (Lipinski definition) is 4. The standard InChI is InChI=1S/C18H30N2O2.ClH/c1-3-5-12-20(13-6-4-2)14-7-15-22-18(21)16-8-10-17(19)11-9-16;/h8-11H,3-7,12-15,19H2,1-2H3;1H/p-1. The fourth-order valence-corrected chi connectivity index (χ4v) is 2.25. The Morgan fingerprint density at radius 2 is 1.52 bits per heavy atom. The fraction of sp³-hybridized carbons (Fsp3) is 0.611. The van der Waals surface area contributed by atoms with Gasteiger partial charge in [0.25, 0.3) is 0 Å². The molecule has 0 spiro atoms. The van der Waals surface area contributed by atoms with Crippen molar-refractivity contribution in [3.63, 3.8) is 0 Å². The van der Waals surface area contributed by atoms with Crippen molar-refractivity contribution in [3.8, 4) is 0 Å². The maximum Gasteiger partial charge on any atom is 0.338 e. The highest BCUT2D eigenvalue weighted by Crippen LogP contribution is 2.07. The van der Waals surface area contributed by atoms with E-state index in [-0.39, 0.29) is 18.4 Å². The third kappa shape index (κ3) is 9.47. The van der Waals surface area contributed by atoms with E-state index < -0.39 is 0 Å². The molecular weight excluding hydrogens is 312 g/mol. The van der Waals surface area contributed by atoms with Gasteiger partial charge in [0.1, 0.15) is 0 Å². The van der Waals surface area contributed by atoms with Crippen molar-refractivity contribution in [1.82, 2.24) is 4.90 Å². The van der Waals surface area contributed by atoms with Crippen LogP contribution in [-0.2, 0) is 4.74 Å². The van der Waals surface area contributed by atoms with Gasteiger partial charge in [0.2, 0.25) is 0 Å². The zero-order valence-corrected chi connectivity index (χ0v) is 15.1. The molecule has 1 aromatic carbocycles. The van der Waals surface area contributed by atoms with Crippen molar-refractivity contribution in [3.05, 3.63) is 29.8 Å². The molecule has 0 aliphatic carbocycles. The van der Waals surface area contributed by atoms with Gasteiger partial charge in [-0.3, -0.25) is 0 Å². The number of esters is 1. The molecule has 1 aromatic rings. The van der Waals surface area contributed by atoms with Gasteiger partial charge in [-0.15, -0.1) is 0 Å². The van der Waals surface area contributed by atoms with Crippen LogP contribution in [0.1, 0.15) is 56.3 Å². The number of unbranched alkanes of at least 4 members (excludes halogenated alkanes) is 2. The van der Waals surface area contributed by atoms with E-state index in [0.29, 0.717) is 17.9 Å². The summed E-state index contributed by atoms with van der Waals surface area (Å²) < 4.78 is 5.32. The first-order chi connectivity index (χ1) is 10.7. The Labute approximate surface area is 146 Å². The quantitative estimate of drug-likeness (QED) is 0.366. The molecule has 2 N–H and O–H groups in total. The summed E-state index contributed by atoms with van der Waals surface area (Å²) in [5.74, 6) is -0.270. The van der Waals surface area contributed by atoms with Gasteiger partial charge in [-0.05, 0) is 56.6 Å². The van der Waals surface area contributed by atoms with Gasteiger partial charge in [-0.2, -0.15) is 0 Å². The van der Waals surface area contributed by atoms with E-state index in [9.17, 15) is 4.79 Å². The lowest BCUT2D eigenvalue weighted by Gasteiger charge is -2.21. The molecule has 0 saturated carbocycles. The van der Waals surface area contributed by atoms with E-state index in [1.165, 1.54) is 25.7 Å². The molecule has 23 heavy (non-hydrogen) atoms. The maximum atomic E-state index is 11.9. The summed E-state index contributed by atoms with van der Waals surface area (Å²) in [6.45, 7) is 8.18. The molecule has 4 nitrogen and oxygen atoms in total. The van der Waals surface area contributed by atoms with Crippen LogP contribution in [0.5, 0.6) is 0 Å². The summed E-state index contributed by atoms with van der Waals surface area (Å²) in [5, 5.41) is 0. The van der Waals surface area contributed by atoms with Gasteiger partial charge < -0.3 is 27.8 Å². The van der Waals surface area contributed by atoms with Gasteiger partial charge in [-0.25, -0.2) is 4.79 Å². The Hall–Kier alpha value is -1.26. The van der Waals surface area contributed by atoms with Gasteiger partial charge >= 0.3 is 5.97 Å². The Bertz CT molecular complexity index is 416. The van der Waals surface area contributed by atoms with E-state index in [4.69, 9.17) is 10.5 Å². The second-order valence-electron chi connectivity index (χ2n) is 5.66. The summed E-state index contributed by atoms with van der Waals surface area (Å²) in [7, 11) is 0. The molecule has 0 aliphatic heterocycles. The third-order valence-corrected chi connectivity index (χ3v) is 3.65. The van der Waals surface area contributed by atoms with Crippen LogP contribution in [0, 0.1) is 0 Å². The molecule has 0 amide bonds. The number of rotatable bonds is 11. The molecule has 0 bridgehead atoms. The highest BCUT2D eigenvalue weighted by atomic mass is 35.5. The number of carbonyl (C=O) groups excluding carboxylic acids is 1. The predicted molar refractivity (Wildman–Crippen MR) is 92.0 cm³/mol. The van der Waals surface area contributed by atoms with Crippen molar-refractivity contribution in [1.29, 1.82) is 0 Å². The number of nitrogen functional groups attached to an aromatic ring is 1. The smallest absolute Gasteiger partial charge is 0.338 e. The predicted octanol–water partition coefficient (Wildman–Crippen LogP) is 0.722. The average molecular weight is 342 g/mol. The summed E-state index contributed by atoms with van der Waals surface area (Å²) in [5.41, 5.74) is 6.81. The summed E-state index contributed by atoms with van der Waals surface area (Å²) >= 11 is 0. The molecular formula is C18H30ClN2O2-. The highest BCUT2D eigenvalue weighted by Gasteiger charge is 2.08. The number of carbonyl (C=O) groups is 1. The molecule has 0 atom stereocenters. The molecule has 0 aliphatic rings. The summed E-state index contributed by atoms with van der Waals surface area (Å²) in [6, 6.07) is 6.83. The van der Waals surface area contributed by atoms with Crippen LogP contribution in [0.4, 0.5) is 5.69 Å². The van der Waals surface area contributed by atoms with E-state index in [2.05, 4.69) is 18.7 Å². The molecule has 0 heterocycles. The van der Waals surface area contributed by atoms with Crippen LogP contribution < -0.4 is 18.1 Å². The molecule has 0 fully saturated rings. The number of ether oxygens (including phenoxy) is 1. The van der Waals surface area contributed by atoms with Crippen LogP contribution in [-0.4, -0.2) is 37.1 Å².